The second kappa shape index (κ2) is 3.82. The number of hydrogen-bond acceptors (Lipinski definition) is 3. The quantitative estimate of drug-likeness (QED) is 0.773. The van der Waals surface area contributed by atoms with Gasteiger partial charge < -0.3 is 10.7 Å². The van der Waals surface area contributed by atoms with E-state index in [0.717, 1.165) is 35.4 Å². The molecule has 86 valence electrons. The van der Waals surface area contributed by atoms with Crippen LogP contribution in [-0.4, -0.2) is 9.97 Å². The minimum atomic E-state index is -0.295. The highest BCUT2D eigenvalue weighted by Crippen LogP contribution is 2.33. The molecule has 0 fully saturated rings. The van der Waals surface area contributed by atoms with Crippen LogP contribution in [-0.2, 0) is 6.42 Å². The summed E-state index contributed by atoms with van der Waals surface area (Å²) in [4.78, 5) is 18.4. The Kier molecular flexibility index (Phi) is 2.30. The first-order valence-electron chi connectivity index (χ1n) is 5.70. The van der Waals surface area contributed by atoms with Crippen molar-refractivity contribution in [3.05, 3.63) is 52.1 Å². The number of H-pyrrole nitrogens is 1. The van der Waals surface area contributed by atoms with Crippen LogP contribution in [0.3, 0.4) is 0 Å². The van der Waals surface area contributed by atoms with E-state index in [1.165, 1.54) is 0 Å². The zero-order valence-electron chi connectivity index (χ0n) is 9.31. The Bertz CT molecular complexity index is 604. The summed E-state index contributed by atoms with van der Waals surface area (Å²) in [6, 6.07) is 9.69. The van der Waals surface area contributed by atoms with E-state index in [0.29, 0.717) is 0 Å². The van der Waals surface area contributed by atoms with E-state index in [4.69, 9.17) is 5.73 Å². The summed E-state index contributed by atoms with van der Waals surface area (Å²) in [5, 5.41) is 0. The Balaban J connectivity index is 2.27. The number of aryl methyl sites for hydroxylation is 1. The van der Waals surface area contributed by atoms with Crippen LogP contribution >= 0.6 is 0 Å². The molecule has 0 saturated carbocycles. The van der Waals surface area contributed by atoms with E-state index in [-0.39, 0.29) is 11.7 Å². The Labute approximate surface area is 98.5 Å². The molecule has 2 aromatic rings. The minimum Gasteiger partial charge on any atom is -0.324 e. The van der Waals surface area contributed by atoms with Gasteiger partial charge in [0, 0.05) is 22.9 Å². The molecule has 17 heavy (non-hydrogen) atoms. The fraction of sp³-hybridized carbons (Fsp3) is 0.231. The SMILES string of the molecule is NC1CCc2[nH]c(=O)nc(-c3ccccc3)c21. The van der Waals surface area contributed by atoms with Gasteiger partial charge in [-0.25, -0.2) is 4.79 Å². The molecule has 1 unspecified atom stereocenters. The maximum atomic E-state index is 11.5. The lowest BCUT2D eigenvalue weighted by Crippen LogP contribution is -2.17. The predicted molar refractivity (Wildman–Crippen MR) is 65.5 cm³/mol. The first kappa shape index (κ1) is 10.2. The number of aromatic amines is 1. The first-order chi connectivity index (χ1) is 8.25. The lowest BCUT2D eigenvalue weighted by molar-refractivity contribution is 0.712. The molecule has 1 aromatic heterocycles. The molecule has 0 amide bonds. The lowest BCUT2D eigenvalue weighted by Gasteiger charge is -2.10. The van der Waals surface area contributed by atoms with Gasteiger partial charge in [-0.2, -0.15) is 4.98 Å². The summed E-state index contributed by atoms with van der Waals surface area (Å²) in [7, 11) is 0. The molecule has 4 nitrogen and oxygen atoms in total. The number of fused-ring (bicyclic) bond motifs is 1. The van der Waals surface area contributed by atoms with Crippen molar-refractivity contribution in [2.75, 3.05) is 0 Å². The van der Waals surface area contributed by atoms with Gasteiger partial charge in [0.25, 0.3) is 0 Å². The van der Waals surface area contributed by atoms with Gasteiger partial charge in [-0.1, -0.05) is 30.3 Å². The summed E-state index contributed by atoms with van der Waals surface area (Å²) < 4.78 is 0. The normalized spacial score (nSPS) is 18.1. The maximum Gasteiger partial charge on any atom is 0.345 e. The van der Waals surface area contributed by atoms with E-state index in [9.17, 15) is 4.79 Å². The van der Waals surface area contributed by atoms with Crippen LogP contribution in [0, 0.1) is 0 Å². The molecule has 0 spiro atoms. The monoisotopic (exact) mass is 227 g/mol. The topological polar surface area (TPSA) is 71.8 Å². The van der Waals surface area contributed by atoms with Crippen LogP contribution < -0.4 is 11.4 Å². The predicted octanol–water partition coefficient (Wildman–Crippen LogP) is 1.38. The highest BCUT2D eigenvalue weighted by atomic mass is 16.1. The Hall–Kier alpha value is -1.94. The van der Waals surface area contributed by atoms with Gasteiger partial charge in [-0.3, -0.25) is 0 Å². The van der Waals surface area contributed by atoms with Gasteiger partial charge in [0.2, 0.25) is 0 Å². The van der Waals surface area contributed by atoms with Crippen molar-refractivity contribution in [3.8, 4) is 11.3 Å². The van der Waals surface area contributed by atoms with Gasteiger partial charge in [0.1, 0.15) is 0 Å². The van der Waals surface area contributed by atoms with Crippen LogP contribution in [0.1, 0.15) is 23.7 Å². The molecule has 0 bridgehead atoms. The van der Waals surface area contributed by atoms with Crippen LogP contribution in [0.15, 0.2) is 35.1 Å². The summed E-state index contributed by atoms with van der Waals surface area (Å²) in [6.07, 6.45) is 1.70. The van der Waals surface area contributed by atoms with Crippen molar-refractivity contribution in [1.82, 2.24) is 9.97 Å². The summed E-state index contributed by atoms with van der Waals surface area (Å²) in [5.74, 6) is 0. The zero-order chi connectivity index (χ0) is 11.8. The van der Waals surface area contributed by atoms with Crippen molar-refractivity contribution in [2.24, 2.45) is 5.73 Å². The molecule has 0 radical (unpaired) electrons. The van der Waals surface area contributed by atoms with E-state index >= 15 is 0 Å². The van der Waals surface area contributed by atoms with Crippen molar-refractivity contribution in [3.63, 3.8) is 0 Å². The number of benzene rings is 1. The molecule has 1 aliphatic carbocycles. The number of rotatable bonds is 1. The van der Waals surface area contributed by atoms with Crippen LogP contribution in [0.4, 0.5) is 0 Å². The summed E-state index contributed by atoms with van der Waals surface area (Å²) >= 11 is 0. The highest BCUT2D eigenvalue weighted by molar-refractivity contribution is 5.65. The number of nitrogens with two attached hydrogens (primary N) is 1. The maximum absolute atomic E-state index is 11.5. The van der Waals surface area contributed by atoms with Crippen molar-refractivity contribution in [2.45, 2.75) is 18.9 Å². The molecule has 3 rings (SSSR count). The zero-order valence-corrected chi connectivity index (χ0v) is 9.31. The van der Waals surface area contributed by atoms with E-state index < -0.39 is 0 Å². The third-order valence-corrected chi connectivity index (χ3v) is 3.17. The second-order valence-electron chi connectivity index (χ2n) is 4.29. The number of hydrogen-bond donors (Lipinski definition) is 2. The van der Waals surface area contributed by atoms with Gasteiger partial charge in [-0.15, -0.1) is 0 Å². The fourth-order valence-electron chi connectivity index (χ4n) is 2.39. The van der Waals surface area contributed by atoms with Crippen LogP contribution in [0.25, 0.3) is 11.3 Å². The summed E-state index contributed by atoms with van der Waals surface area (Å²) in [6.45, 7) is 0. The molecule has 1 heterocycles. The minimum absolute atomic E-state index is 0.0236. The van der Waals surface area contributed by atoms with Crippen molar-refractivity contribution < 1.29 is 0 Å². The molecule has 1 aromatic carbocycles. The lowest BCUT2D eigenvalue weighted by atomic mass is 10.0. The number of nitrogens with zero attached hydrogens (tertiary/aromatic N) is 1. The van der Waals surface area contributed by atoms with E-state index in [1.807, 2.05) is 30.3 Å². The molecule has 1 aliphatic rings. The average Bonchev–Trinajstić information content (AvgIpc) is 2.71. The van der Waals surface area contributed by atoms with Crippen LogP contribution in [0.5, 0.6) is 0 Å². The van der Waals surface area contributed by atoms with Crippen molar-refractivity contribution in [1.29, 1.82) is 0 Å². The Morgan fingerprint density at radius 3 is 2.82 bits per heavy atom. The molecule has 1 atom stereocenters. The molecule has 3 N–H and O–H groups in total. The highest BCUT2D eigenvalue weighted by Gasteiger charge is 2.25. The molecular weight excluding hydrogens is 214 g/mol. The third kappa shape index (κ3) is 1.66. The number of nitrogens with one attached hydrogen (secondary N) is 1. The van der Waals surface area contributed by atoms with Gasteiger partial charge in [-0.05, 0) is 12.8 Å². The largest absolute Gasteiger partial charge is 0.345 e. The molecule has 0 aliphatic heterocycles. The van der Waals surface area contributed by atoms with Crippen LogP contribution in [0.2, 0.25) is 0 Å². The number of aromatic nitrogens is 2. The molecule has 0 saturated heterocycles. The van der Waals surface area contributed by atoms with Gasteiger partial charge in [0.05, 0.1) is 5.69 Å². The molecular formula is C13H13N3O. The van der Waals surface area contributed by atoms with E-state index in [1.54, 1.807) is 0 Å². The standard InChI is InChI=1S/C13H13N3O/c14-9-6-7-10-11(9)12(16-13(17)15-10)8-4-2-1-3-5-8/h1-5,9H,6-7,14H2,(H,15,16,17). The van der Waals surface area contributed by atoms with E-state index in [2.05, 4.69) is 9.97 Å². The first-order valence-corrected chi connectivity index (χ1v) is 5.70. The average molecular weight is 227 g/mol. The smallest absolute Gasteiger partial charge is 0.324 e. The summed E-state index contributed by atoms with van der Waals surface area (Å²) in [5.41, 5.74) is 9.40. The Morgan fingerprint density at radius 1 is 1.29 bits per heavy atom. The third-order valence-electron chi connectivity index (χ3n) is 3.17. The van der Waals surface area contributed by atoms with Gasteiger partial charge >= 0.3 is 5.69 Å². The van der Waals surface area contributed by atoms with Crippen molar-refractivity contribution >= 4 is 0 Å². The van der Waals surface area contributed by atoms with Gasteiger partial charge in [0.15, 0.2) is 0 Å². The molecule has 4 heteroatoms. The second-order valence-corrected chi connectivity index (χ2v) is 4.29. The Morgan fingerprint density at radius 2 is 2.06 bits per heavy atom. The fourth-order valence-corrected chi connectivity index (χ4v) is 2.39.